The summed E-state index contributed by atoms with van der Waals surface area (Å²) < 4.78 is 0. The van der Waals surface area contributed by atoms with Gasteiger partial charge in [-0.1, -0.05) is 13.8 Å². The van der Waals surface area contributed by atoms with E-state index in [2.05, 4.69) is 19.2 Å². The van der Waals surface area contributed by atoms with Crippen LogP contribution < -0.4 is 11.1 Å². The smallest absolute Gasteiger partial charge is 0.223 e. The van der Waals surface area contributed by atoms with E-state index in [0.29, 0.717) is 36.8 Å². The minimum absolute atomic E-state index is 0.00311. The van der Waals surface area contributed by atoms with Crippen LogP contribution in [0.25, 0.3) is 0 Å². The van der Waals surface area contributed by atoms with E-state index in [4.69, 9.17) is 5.73 Å². The van der Waals surface area contributed by atoms with Gasteiger partial charge in [-0.3, -0.25) is 4.79 Å². The number of carbonyl (C=O) groups excluding carboxylic acids is 1. The fraction of sp³-hybridized carbons (Fsp3) is 0.955. The largest absolute Gasteiger partial charge is 0.393 e. The van der Waals surface area contributed by atoms with Crippen LogP contribution in [0.2, 0.25) is 0 Å². The van der Waals surface area contributed by atoms with Crippen LogP contribution in [-0.4, -0.2) is 41.4 Å². The Hall–Kier alpha value is -0.650. The highest BCUT2D eigenvalue weighted by molar-refractivity contribution is 5.80. The number of nitrogens with one attached hydrogen (secondary N) is 1. The molecule has 0 heterocycles. The van der Waals surface area contributed by atoms with E-state index in [-0.39, 0.29) is 34.9 Å². The number of hydrogen-bond acceptors (Lipinski definition) is 4. The van der Waals surface area contributed by atoms with E-state index in [1.807, 2.05) is 0 Å². The lowest BCUT2D eigenvalue weighted by Gasteiger charge is -2.62. The molecule has 4 fully saturated rings. The van der Waals surface area contributed by atoms with Crippen LogP contribution in [0.15, 0.2) is 0 Å². The van der Waals surface area contributed by atoms with Crippen molar-refractivity contribution in [3.8, 4) is 0 Å². The number of nitrogens with two attached hydrogens (primary N) is 1. The Morgan fingerprint density at radius 1 is 1.11 bits per heavy atom. The second-order valence-corrected chi connectivity index (χ2v) is 10.5. The molecule has 9 atom stereocenters. The molecule has 5 heteroatoms. The van der Waals surface area contributed by atoms with Crippen molar-refractivity contribution in [3.05, 3.63) is 0 Å². The molecule has 4 aliphatic carbocycles. The van der Waals surface area contributed by atoms with Crippen LogP contribution in [0.5, 0.6) is 0 Å². The first-order valence-electron chi connectivity index (χ1n) is 11.1. The highest BCUT2D eigenvalue weighted by Crippen LogP contribution is 2.67. The molecule has 0 aromatic heterocycles. The third kappa shape index (κ3) is 2.96. The monoisotopic (exact) mass is 378 g/mol. The molecular weight excluding hydrogens is 340 g/mol. The van der Waals surface area contributed by atoms with E-state index < -0.39 is 0 Å². The molecular formula is C22H38N2O3. The predicted octanol–water partition coefficient (Wildman–Crippen LogP) is 2.05. The van der Waals surface area contributed by atoms with Gasteiger partial charge in [0, 0.05) is 19.0 Å². The van der Waals surface area contributed by atoms with Crippen LogP contribution >= 0.6 is 0 Å². The Morgan fingerprint density at radius 2 is 1.89 bits per heavy atom. The second-order valence-electron chi connectivity index (χ2n) is 10.5. The fourth-order valence-electron chi connectivity index (χ4n) is 8.11. The maximum absolute atomic E-state index is 12.8. The molecule has 1 amide bonds. The summed E-state index contributed by atoms with van der Waals surface area (Å²) in [7, 11) is 0. The lowest BCUT2D eigenvalue weighted by molar-refractivity contribution is -0.179. The first kappa shape index (κ1) is 19.7. The molecule has 6 unspecified atom stereocenters. The highest BCUT2D eigenvalue weighted by Gasteiger charge is 2.63. The van der Waals surface area contributed by atoms with Gasteiger partial charge in [0.1, 0.15) is 0 Å². The molecule has 27 heavy (non-hydrogen) atoms. The highest BCUT2D eigenvalue weighted by atomic mass is 16.3. The van der Waals surface area contributed by atoms with Gasteiger partial charge in [0.2, 0.25) is 5.91 Å². The van der Waals surface area contributed by atoms with E-state index in [0.717, 1.165) is 51.4 Å². The zero-order valence-electron chi connectivity index (χ0n) is 17.0. The number of amides is 1. The third-order valence-corrected chi connectivity index (χ3v) is 9.33. The zero-order chi connectivity index (χ0) is 19.4. The SMILES string of the molecule is CC12CC[C@H](O)CC1CC[C@@H]1C2C(O)CC2(C)C1CC[C@@H]2C(=O)NCCN. The van der Waals surface area contributed by atoms with Crippen LogP contribution in [0.3, 0.4) is 0 Å². The molecule has 0 radical (unpaired) electrons. The molecule has 154 valence electrons. The molecule has 0 aliphatic heterocycles. The van der Waals surface area contributed by atoms with E-state index in [1.54, 1.807) is 0 Å². The summed E-state index contributed by atoms with van der Waals surface area (Å²) in [6.45, 7) is 5.65. The van der Waals surface area contributed by atoms with Gasteiger partial charge in [0.15, 0.2) is 0 Å². The maximum Gasteiger partial charge on any atom is 0.223 e. The Morgan fingerprint density at radius 3 is 2.63 bits per heavy atom. The summed E-state index contributed by atoms with van der Waals surface area (Å²) in [5, 5.41) is 24.5. The van der Waals surface area contributed by atoms with E-state index in [9.17, 15) is 15.0 Å². The number of rotatable bonds is 3. The van der Waals surface area contributed by atoms with Gasteiger partial charge >= 0.3 is 0 Å². The molecule has 5 nitrogen and oxygen atoms in total. The first-order valence-corrected chi connectivity index (χ1v) is 11.1. The van der Waals surface area contributed by atoms with Gasteiger partial charge in [0.05, 0.1) is 12.2 Å². The van der Waals surface area contributed by atoms with E-state index >= 15 is 0 Å². The molecule has 5 N–H and O–H groups in total. The summed E-state index contributed by atoms with van der Waals surface area (Å²) in [5.41, 5.74) is 5.60. The quantitative estimate of drug-likeness (QED) is 0.604. The lowest BCUT2D eigenvalue weighted by Crippen LogP contribution is -2.59. The zero-order valence-corrected chi connectivity index (χ0v) is 17.0. The van der Waals surface area contributed by atoms with Crippen LogP contribution in [-0.2, 0) is 4.79 Å². The number of carbonyl (C=O) groups is 1. The summed E-state index contributed by atoms with van der Waals surface area (Å²) >= 11 is 0. The first-order chi connectivity index (χ1) is 12.8. The van der Waals surface area contributed by atoms with Crippen molar-refractivity contribution in [1.82, 2.24) is 5.32 Å². The average molecular weight is 379 g/mol. The summed E-state index contributed by atoms with van der Waals surface area (Å²) in [6, 6.07) is 0. The van der Waals surface area contributed by atoms with Gasteiger partial charge in [-0.15, -0.1) is 0 Å². The lowest BCUT2D eigenvalue weighted by atomic mass is 9.44. The van der Waals surface area contributed by atoms with Crippen molar-refractivity contribution in [2.75, 3.05) is 13.1 Å². The molecule has 4 aliphatic rings. The minimum atomic E-state index is -0.331. The average Bonchev–Trinajstić information content (AvgIpc) is 2.96. The van der Waals surface area contributed by atoms with Gasteiger partial charge < -0.3 is 21.3 Å². The van der Waals surface area contributed by atoms with Crippen LogP contribution in [0.4, 0.5) is 0 Å². The fourth-order valence-corrected chi connectivity index (χ4v) is 8.11. The standard InChI is InChI=1S/C22H38N2O3/c1-21-8-7-14(25)11-13(21)3-4-15-16-5-6-17(20(27)24-10-9-23)22(16,2)12-18(26)19(15)21/h13-19,25-26H,3-12,23H2,1-2H3,(H,24,27)/t13?,14-,15-,16?,17+,18?,19?,21?,22?/m0/s1. The number of aliphatic hydroxyl groups excluding tert-OH is 2. The molecule has 4 rings (SSSR count). The maximum atomic E-state index is 12.8. The Bertz CT molecular complexity index is 584. The molecule has 0 aromatic carbocycles. The van der Waals surface area contributed by atoms with Gasteiger partial charge in [-0.2, -0.15) is 0 Å². The van der Waals surface area contributed by atoms with Crippen molar-refractivity contribution < 1.29 is 15.0 Å². The van der Waals surface area contributed by atoms with Gasteiger partial charge in [-0.05, 0) is 85.9 Å². The molecule has 4 saturated carbocycles. The summed E-state index contributed by atoms with van der Waals surface area (Å²) in [4.78, 5) is 12.8. The molecule has 0 saturated heterocycles. The minimum Gasteiger partial charge on any atom is -0.393 e. The molecule has 0 bridgehead atoms. The predicted molar refractivity (Wildman–Crippen MR) is 105 cm³/mol. The number of hydrogen-bond donors (Lipinski definition) is 4. The topological polar surface area (TPSA) is 95.6 Å². The van der Waals surface area contributed by atoms with Crippen molar-refractivity contribution in [2.24, 2.45) is 46.2 Å². The molecule has 0 aromatic rings. The van der Waals surface area contributed by atoms with Crippen LogP contribution in [0, 0.1) is 40.4 Å². The van der Waals surface area contributed by atoms with Gasteiger partial charge in [0.25, 0.3) is 0 Å². The molecule has 0 spiro atoms. The van der Waals surface area contributed by atoms with Crippen molar-refractivity contribution in [1.29, 1.82) is 0 Å². The van der Waals surface area contributed by atoms with Crippen molar-refractivity contribution in [2.45, 2.75) is 77.4 Å². The second kappa shape index (κ2) is 7.00. The van der Waals surface area contributed by atoms with E-state index in [1.165, 1.54) is 0 Å². The summed E-state index contributed by atoms with van der Waals surface area (Å²) in [5.74, 6) is 2.05. The Labute approximate surface area is 163 Å². The third-order valence-electron chi connectivity index (χ3n) is 9.33. The van der Waals surface area contributed by atoms with Gasteiger partial charge in [-0.25, -0.2) is 0 Å². The number of fused-ring (bicyclic) bond motifs is 5. The van der Waals surface area contributed by atoms with Crippen molar-refractivity contribution >= 4 is 5.91 Å². The van der Waals surface area contributed by atoms with Crippen LogP contribution in [0.1, 0.15) is 65.2 Å². The normalized spacial score (nSPS) is 51.8. The summed E-state index contributed by atoms with van der Waals surface area (Å²) in [6.07, 6.45) is 7.40. The van der Waals surface area contributed by atoms with Crippen molar-refractivity contribution in [3.63, 3.8) is 0 Å². The Kier molecular flexibility index (Phi) is 5.09. The Balaban J connectivity index is 1.59. The number of aliphatic hydroxyl groups is 2.